The second-order valence-corrected chi connectivity index (χ2v) is 4.06. The van der Waals surface area contributed by atoms with E-state index in [0.717, 1.165) is 0 Å². The molecule has 0 saturated heterocycles. The third kappa shape index (κ3) is 4.91. The number of carbonyl (C=O) groups excluding carboxylic acids is 2. The Morgan fingerprint density at radius 1 is 1.33 bits per heavy atom. The average molecular weight is 292 g/mol. The van der Waals surface area contributed by atoms with E-state index in [1.165, 1.54) is 6.92 Å². The molecule has 7 heteroatoms. The number of hydrogen-bond donors (Lipinski definition) is 3. The van der Waals surface area contributed by atoms with Crippen molar-refractivity contribution in [3.05, 3.63) is 23.2 Å². The lowest BCUT2D eigenvalue weighted by Crippen LogP contribution is -2.32. The SMILES string of the molecule is CC(=O)Nc1ccc(Cl)c(NC(=O)[C@H](C)N)c1.Cl. The second kappa shape index (κ2) is 7.20. The van der Waals surface area contributed by atoms with Crippen molar-refractivity contribution in [1.29, 1.82) is 0 Å². The number of anilines is 2. The zero-order valence-corrected chi connectivity index (χ0v) is 11.6. The highest BCUT2D eigenvalue weighted by Gasteiger charge is 2.10. The van der Waals surface area contributed by atoms with Crippen LogP contribution in [0.3, 0.4) is 0 Å². The van der Waals surface area contributed by atoms with Gasteiger partial charge in [0.05, 0.1) is 16.8 Å². The summed E-state index contributed by atoms with van der Waals surface area (Å²) in [4.78, 5) is 22.3. The Balaban J connectivity index is 0.00000289. The van der Waals surface area contributed by atoms with Crippen LogP contribution < -0.4 is 16.4 Å². The summed E-state index contributed by atoms with van der Waals surface area (Å²) in [5, 5.41) is 5.55. The average Bonchev–Trinajstić information content (AvgIpc) is 2.22. The first-order chi connectivity index (χ1) is 7.90. The van der Waals surface area contributed by atoms with Crippen molar-refractivity contribution >= 4 is 47.2 Å². The highest BCUT2D eigenvalue weighted by molar-refractivity contribution is 6.33. The third-order valence-corrected chi connectivity index (χ3v) is 2.29. The molecule has 0 fully saturated rings. The molecule has 0 heterocycles. The van der Waals surface area contributed by atoms with Crippen LogP contribution >= 0.6 is 24.0 Å². The molecule has 4 N–H and O–H groups in total. The molecule has 0 radical (unpaired) electrons. The Hall–Kier alpha value is -1.30. The predicted molar refractivity (Wildman–Crippen MR) is 75.3 cm³/mol. The monoisotopic (exact) mass is 291 g/mol. The fourth-order valence-corrected chi connectivity index (χ4v) is 1.31. The normalized spacial score (nSPS) is 11.1. The molecule has 100 valence electrons. The van der Waals surface area contributed by atoms with Crippen molar-refractivity contribution in [2.75, 3.05) is 10.6 Å². The fourth-order valence-electron chi connectivity index (χ4n) is 1.15. The molecular weight excluding hydrogens is 277 g/mol. The molecule has 1 aromatic rings. The molecule has 0 bridgehead atoms. The van der Waals surface area contributed by atoms with Crippen molar-refractivity contribution in [2.45, 2.75) is 19.9 Å². The van der Waals surface area contributed by atoms with Gasteiger partial charge in [0, 0.05) is 12.6 Å². The molecule has 1 aromatic carbocycles. The summed E-state index contributed by atoms with van der Waals surface area (Å²) in [6.07, 6.45) is 0. The van der Waals surface area contributed by atoms with E-state index >= 15 is 0 Å². The van der Waals surface area contributed by atoms with Crippen LogP contribution in [0.15, 0.2) is 18.2 Å². The van der Waals surface area contributed by atoms with E-state index in [9.17, 15) is 9.59 Å². The zero-order valence-electron chi connectivity index (χ0n) is 9.99. The summed E-state index contributed by atoms with van der Waals surface area (Å²) in [6, 6.07) is 4.18. The first-order valence-electron chi connectivity index (χ1n) is 5.03. The molecule has 0 aliphatic rings. The van der Waals surface area contributed by atoms with Gasteiger partial charge in [0.2, 0.25) is 11.8 Å². The standard InChI is InChI=1S/C11H14ClN3O2.ClH/c1-6(13)11(17)15-10-5-8(14-7(2)16)3-4-9(10)12;/h3-6H,13H2,1-2H3,(H,14,16)(H,15,17);1H/t6-;/m0./s1. The minimum absolute atomic E-state index is 0. The molecule has 0 saturated carbocycles. The van der Waals surface area contributed by atoms with Gasteiger partial charge in [0.25, 0.3) is 0 Å². The molecule has 0 aromatic heterocycles. The van der Waals surface area contributed by atoms with Gasteiger partial charge in [-0.15, -0.1) is 12.4 Å². The highest BCUT2D eigenvalue weighted by Crippen LogP contribution is 2.25. The summed E-state index contributed by atoms with van der Waals surface area (Å²) in [5.74, 6) is -0.538. The molecular formula is C11H15Cl2N3O2. The first-order valence-corrected chi connectivity index (χ1v) is 5.41. The van der Waals surface area contributed by atoms with Crippen molar-refractivity contribution in [3.8, 4) is 0 Å². The Kier molecular flexibility index (Phi) is 6.68. The third-order valence-electron chi connectivity index (χ3n) is 1.96. The minimum atomic E-state index is -0.629. The number of nitrogens with one attached hydrogen (secondary N) is 2. The number of carbonyl (C=O) groups is 2. The lowest BCUT2D eigenvalue weighted by atomic mass is 10.2. The highest BCUT2D eigenvalue weighted by atomic mass is 35.5. The maximum Gasteiger partial charge on any atom is 0.241 e. The Labute approximate surface area is 116 Å². The molecule has 1 atom stereocenters. The quantitative estimate of drug-likeness (QED) is 0.796. The summed E-state index contributed by atoms with van der Waals surface area (Å²) in [6.45, 7) is 2.97. The van der Waals surface area contributed by atoms with Gasteiger partial charge in [-0.05, 0) is 25.1 Å². The molecule has 5 nitrogen and oxygen atoms in total. The number of amides is 2. The zero-order chi connectivity index (χ0) is 13.0. The Morgan fingerprint density at radius 3 is 2.44 bits per heavy atom. The number of benzene rings is 1. The molecule has 0 aliphatic carbocycles. The number of nitrogens with two attached hydrogens (primary N) is 1. The number of hydrogen-bond acceptors (Lipinski definition) is 3. The molecule has 18 heavy (non-hydrogen) atoms. The lowest BCUT2D eigenvalue weighted by molar-refractivity contribution is -0.117. The van der Waals surface area contributed by atoms with Gasteiger partial charge < -0.3 is 16.4 Å². The van der Waals surface area contributed by atoms with E-state index < -0.39 is 6.04 Å². The number of rotatable bonds is 3. The Morgan fingerprint density at radius 2 is 1.94 bits per heavy atom. The first kappa shape index (κ1) is 16.7. The van der Waals surface area contributed by atoms with Gasteiger partial charge in [-0.2, -0.15) is 0 Å². The van der Waals surface area contributed by atoms with E-state index in [1.54, 1.807) is 25.1 Å². The van der Waals surface area contributed by atoms with E-state index in [0.29, 0.717) is 16.4 Å². The van der Waals surface area contributed by atoms with Crippen LogP contribution in [0.25, 0.3) is 0 Å². The second-order valence-electron chi connectivity index (χ2n) is 3.65. The van der Waals surface area contributed by atoms with Crippen LogP contribution in [0.1, 0.15) is 13.8 Å². The van der Waals surface area contributed by atoms with Gasteiger partial charge in [0.1, 0.15) is 0 Å². The molecule has 0 aliphatic heterocycles. The van der Waals surface area contributed by atoms with Gasteiger partial charge in [-0.3, -0.25) is 9.59 Å². The van der Waals surface area contributed by atoms with Gasteiger partial charge >= 0.3 is 0 Å². The van der Waals surface area contributed by atoms with Crippen LogP contribution in [0.5, 0.6) is 0 Å². The predicted octanol–water partition coefficient (Wildman–Crippen LogP) is 2.01. The van der Waals surface area contributed by atoms with Crippen molar-refractivity contribution < 1.29 is 9.59 Å². The largest absolute Gasteiger partial charge is 0.326 e. The van der Waals surface area contributed by atoms with Crippen LogP contribution in [0.4, 0.5) is 11.4 Å². The summed E-state index contributed by atoms with van der Waals surface area (Å²) < 4.78 is 0. The summed E-state index contributed by atoms with van der Waals surface area (Å²) in [7, 11) is 0. The van der Waals surface area contributed by atoms with Gasteiger partial charge in [-0.25, -0.2) is 0 Å². The van der Waals surface area contributed by atoms with E-state index in [4.69, 9.17) is 17.3 Å². The topological polar surface area (TPSA) is 84.2 Å². The molecule has 0 spiro atoms. The summed E-state index contributed by atoms with van der Waals surface area (Å²) in [5.41, 5.74) is 6.40. The molecule has 2 amide bonds. The van der Waals surface area contributed by atoms with Crippen molar-refractivity contribution in [3.63, 3.8) is 0 Å². The molecule has 0 unspecified atom stereocenters. The number of halogens is 2. The van der Waals surface area contributed by atoms with Crippen LogP contribution in [-0.2, 0) is 9.59 Å². The van der Waals surface area contributed by atoms with Crippen LogP contribution in [0.2, 0.25) is 5.02 Å². The molecule has 1 rings (SSSR count). The van der Waals surface area contributed by atoms with Gasteiger partial charge in [0.15, 0.2) is 0 Å². The smallest absolute Gasteiger partial charge is 0.241 e. The summed E-state index contributed by atoms with van der Waals surface area (Å²) >= 11 is 5.91. The van der Waals surface area contributed by atoms with Crippen molar-refractivity contribution in [2.24, 2.45) is 5.73 Å². The minimum Gasteiger partial charge on any atom is -0.326 e. The fraction of sp³-hybridized carbons (Fsp3) is 0.273. The maximum atomic E-state index is 11.4. The van der Waals surface area contributed by atoms with E-state index in [-0.39, 0.29) is 24.2 Å². The lowest BCUT2D eigenvalue weighted by Gasteiger charge is -2.11. The van der Waals surface area contributed by atoms with E-state index in [1.807, 2.05) is 0 Å². The Bertz CT molecular complexity index is 450. The van der Waals surface area contributed by atoms with E-state index in [2.05, 4.69) is 10.6 Å². The van der Waals surface area contributed by atoms with Crippen molar-refractivity contribution in [1.82, 2.24) is 0 Å². The van der Waals surface area contributed by atoms with Gasteiger partial charge in [-0.1, -0.05) is 11.6 Å². The van der Waals surface area contributed by atoms with Crippen LogP contribution in [0, 0.1) is 0 Å². The maximum absolute atomic E-state index is 11.4. The van der Waals surface area contributed by atoms with Crippen LogP contribution in [-0.4, -0.2) is 17.9 Å².